The van der Waals surface area contributed by atoms with Crippen LogP contribution in [0.4, 0.5) is 0 Å². The van der Waals surface area contributed by atoms with Gasteiger partial charge in [-0.2, -0.15) is 0 Å². The predicted octanol–water partition coefficient (Wildman–Crippen LogP) is 3.09. The zero-order valence-electron chi connectivity index (χ0n) is 9.64. The van der Waals surface area contributed by atoms with Crippen LogP contribution in [0.3, 0.4) is 0 Å². The van der Waals surface area contributed by atoms with Crippen molar-refractivity contribution in [3.05, 3.63) is 0 Å². The van der Waals surface area contributed by atoms with Crippen molar-refractivity contribution in [1.82, 2.24) is 0 Å². The fourth-order valence-electron chi connectivity index (χ4n) is 0.638. The summed E-state index contributed by atoms with van der Waals surface area (Å²) in [6, 6.07) is 0. The third-order valence-corrected chi connectivity index (χ3v) is 3.30. The Balaban J connectivity index is 3.78. The van der Waals surface area contributed by atoms with Crippen LogP contribution in [0, 0.1) is 10.8 Å². The van der Waals surface area contributed by atoms with E-state index < -0.39 is 0 Å². The van der Waals surface area contributed by atoms with Gasteiger partial charge in [0.1, 0.15) is 0 Å². The summed E-state index contributed by atoms with van der Waals surface area (Å²) >= 11 is 5.26. The Bertz CT molecular complexity index is 174. The fraction of sp³-hybridized carbons (Fsp3) is 1.00. The van der Waals surface area contributed by atoms with Crippen molar-refractivity contribution in [2.75, 3.05) is 12.4 Å². The van der Waals surface area contributed by atoms with Crippen LogP contribution in [0.25, 0.3) is 0 Å². The molecule has 0 rings (SSSR count). The standard InChI is InChI=1S/C10H22OS2/c1-9(2,3)7-11-13(12)8-10(4,5)6/h7-8H2,1-6H3. The molecule has 0 aliphatic carbocycles. The van der Waals surface area contributed by atoms with Gasteiger partial charge >= 0.3 is 0 Å². The minimum Gasteiger partial charge on any atom is -0.312 e. The van der Waals surface area contributed by atoms with Gasteiger partial charge in [0.2, 0.25) is 0 Å². The normalized spacial score (nSPS) is 15.8. The fourth-order valence-corrected chi connectivity index (χ4v) is 3.12. The first kappa shape index (κ1) is 13.5. The van der Waals surface area contributed by atoms with E-state index in [-0.39, 0.29) is 20.6 Å². The Morgan fingerprint density at radius 3 is 1.77 bits per heavy atom. The summed E-state index contributed by atoms with van der Waals surface area (Å²) in [6.07, 6.45) is 0. The molecule has 0 radical (unpaired) electrons. The Morgan fingerprint density at radius 1 is 1.00 bits per heavy atom. The van der Waals surface area contributed by atoms with Gasteiger partial charge in [-0.05, 0) is 22.0 Å². The molecular weight excluding hydrogens is 200 g/mol. The van der Waals surface area contributed by atoms with Gasteiger partial charge in [0, 0.05) is 15.5 Å². The van der Waals surface area contributed by atoms with Gasteiger partial charge in [0.25, 0.3) is 0 Å². The first-order valence-electron chi connectivity index (χ1n) is 4.62. The van der Waals surface area contributed by atoms with Crippen LogP contribution in [0.5, 0.6) is 0 Å². The smallest absolute Gasteiger partial charge is 0.0665 e. The van der Waals surface area contributed by atoms with E-state index in [0.717, 1.165) is 12.4 Å². The number of hydrogen-bond acceptors (Lipinski definition) is 2. The summed E-state index contributed by atoms with van der Waals surface area (Å²) in [5.74, 6) is 0.971. The van der Waals surface area contributed by atoms with Gasteiger partial charge in [-0.3, -0.25) is 0 Å². The molecule has 0 aliphatic rings. The molecule has 0 saturated heterocycles. The lowest BCUT2D eigenvalue weighted by Crippen LogP contribution is -2.21. The molecule has 0 aromatic rings. The molecule has 0 heterocycles. The second-order valence-electron chi connectivity index (χ2n) is 5.83. The summed E-state index contributed by atoms with van der Waals surface area (Å²) in [6.45, 7) is 13.8. The predicted molar refractivity (Wildman–Crippen MR) is 64.5 cm³/mol. The van der Waals surface area contributed by atoms with Gasteiger partial charge in [0.15, 0.2) is 0 Å². The van der Waals surface area contributed by atoms with Crippen molar-refractivity contribution in [3.8, 4) is 0 Å². The molecule has 3 heteroatoms. The highest BCUT2D eigenvalue weighted by molar-refractivity contribution is 8.26. The van der Waals surface area contributed by atoms with Crippen molar-refractivity contribution in [3.63, 3.8) is 0 Å². The molecule has 0 aromatic heterocycles. The van der Waals surface area contributed by atoms with E-state index >= 15 is 0 Å². The molecule has 0 aromatic carbocycles. The number of rotatable bonds is 3. The van der Waals surface area contributed by atoms with Crippen LogP contribution >= 0.6 is 0 Å². The minimum absolute atomic E-state index is 0.224. The second kappa shape index (κ2) is 4.85. The summed E-state index contributed by atoms with van der Waals surface area (Å²) < 4.78 is 5.63. The molecule has 0 N–H and O–H groups in total. The van der Waals surface area contributed by atoms with Crippen molar-refractivity contribution in [2.24, 2.45) is 10.8 Å². The summed E-state index contributed by atoms with van der Waals surface area (Å²) in [5.41, 5.74) is 0.505. The third kappa shape index (κ3) is 10.5. The lowest BCUT2D eigenvalue weighted by atomic mass is 9.99. The van der Waals surface area contributed by atoms with Gasteiger partial charge in [-0.25, -0.2) is 0 Å². The molecule has 0 amide bonds. The highest BCUT2D eigenvalue weighted by atomic mass is 32.8. The van der Waals surface area contributed by atoms with Crippen molar-refractivity contribution in [1.29, 1.82) is 0 Å². The average Bonchev–Trinajstić information content (AvgIpc) is 1.78. The van der Waals surface area contributed by atoms with Crippen LogP contribution in [-0.2, 0) is 25.1 Å². The highest BCUT2D eigenvalue weighted by Gasteiger charge is 2.16. The zero-order chi connectivity index (χ0) is 10.7. The maximum Gasteiger partial charge on any atom is 0.0665 e. The Hall–Kier alpha value is 0.530. The molecule has 0 spiro atoms. The third-order valence-electron chi connectivity index (χ3n) is 1.17. The zero-order valence-corrected chi connectivity index (χ0v) is 11.3. The molecule has 1 atom stereocenters. The lowest BCUT2D eigenvalue weighted by Gasteiger charge is -2.22. The van der Waals surface area contributed by atoms with E-state index in [0.29, 0.717) is 0 Å². The molecule has 0 fully saturated rings. The average molecular weight is 222 g/mol. The minimum atomic E-state index is -0.303. The lowest BCUT2D eigenvalue weighted by molar-refractivity contribution is 0.222. The maximum atomic E-state index is 5.63. The molecule has 0 aliphatic heterocycles. The summed E-state index contributed by atoms with van der Waals surface area (Å²) in [7, 11) is -0.303. The van der Waals surface area contributed by atoms with Crippen LogP contribution in [0.15, 0.2) is 0 Å². The van der Waals surface area contributed by atoms with Gasteiger partial charge in [-0.1, -0.05) is 41.5 Å². The molecule has 80 valence electrons. The summed E-state index contributed by atoms with van der Waals surface area (Å²) in [4.78, 5) is 0. The van der Waals surface area contributed by atoms with E-state index in [2.05, 4.69) is 41.5 Å². The molecule has 0 saturated carbocycles. The van der Waals surface area contributed by atoms with Crippen molar-refractivity contribution in [2.45, 2.75) is 41.5 Å². The first-order valence-corrected chi connectivity index (χ1v) is 6.86. The molecule has 0 bridgehead atoms. The van der Waals surface area contributed by atoms with E-state index in [1.807, 2.05) is 0 Å². The SMILES string of the molecule is CC(C)(C)COS(=S)CC(C)(C)C. The van der Waals surface area contributed by atoms with Gasteiger partial charge in [0.05, 0.1) is 6.61 Å². The Kier molecular flexibility index (Phi) is 5.05. The number of hydrogen-bond donors (Lipinski definition) is 0. The van der Waals surface area contributed by atoms with E-state index in [1.54, 1.807) is 0 Å². The molecule has 13 heavy (non-hydrogen) atoms. The first-order chi connectivity index (χ1) is 5.60. The van der Waals surface area contributed by atoms with Gasteiger partial charge in [-0.15, -0.1) is 0 Å². The van der Waals surface area contributed by atoms with Crippen LogP contribution in [-0.4, -0.2) is 12.4 Å². The highest BCUT2D eigenvalue weighted by Crippen LogP contribution is 2.18. The summed E-state index contributed by atoms with van der Waals surface area (Å²) in [5, 5.41) is 0. The quantitative estimate of drug-likeness (QED) is 0.726. The van der Waals surface area contributed by atoms with E-state index in [9.17, 15) is 0 Å². The molecule has 1 unspecified atom stereocenters. The Morgan fingerprint density at radius 2 is 1.46 bits per heavy atom. The van der Waals surface area contributed by atoms with Crippen LogP contribution < -0.4 is 0 Å². The van der Waals surface area contributed by atoms with Crippen molar-refractivity contribution < 1.29 is 4.18 Å². The van der Waals surface area contributed by atoms with E-state index in [1.165, 1.54) is 0 Å². The van der Waals surface area contributed by atoms with Crippen LogP contribution in [0.1, 0.15) is 41.5 Å². The maximum absolute atomic E-state index is 5.63. The van der Waals surface area contributed by atoms with Crippen molar-refractivity contribution >= 4 is 20.9 Å². The monoisotopic (exact) mass is 222 g/mol. The van der Waals surface area contributed by atoms with Crippen LogP contribution in [0.2, 0.25) is 0 Å². The largest absolute Gasteiger partial charge is 0.312 e. The molecule has 1 nitrogen and oxygen atoms in total. The molecular formula is C10H22OS2. The Labute approximate surface area is 90.0 Å². The van der Waals surface area contributed by atoms with E-state index in [4.69, 9.17) is 15.4 Å². The second-order valence-corrected chi connectivity index (χ2v) is 8.08. The topological polar surface area (TPSA) is 9.23 Å². The van der Waals surface area contributed by atoms with Gasteiger partial charge < -0.3 is 4.18 Å².